The summed E-state index contributed by atoms with van der Waals surface area (Å²) in [5, 5.41) is 0.646. The minimum Gasteiger partial charge on any atom is -0.378 e. The van der Waals surface area contributed by atoms with Crippen LogP contribution >= 0.6 is 11.3 Å². The van der Waals surface area contributed by atoms with Crippen LogP contribution in [0.3, 0.4) is 0 Å². The van der Waals surface area contributed by atoms with E-state index in [4.69, 9.17) is 5.73 Å². The number of amides is 2. The Hall–Kier alpha value is -2.08. The highest BCUT2D eigenvalue weighted by molar-refractivity contribution is 7.15. The summed E-state index contributed by atoms with van der Waals surface area (Å²) in [6.45, 7) is 4.63. The molecular formula is C16H22N4OS. The molecule has 0 saturated carbocycles. The van der Waals surface area contributed by atoms with Crippen LogP contribution in [0.15, 0.2) is 30.5 Å². The lowest BCUT2D eigenvalue weighted by atomic mass is 10.2. The first-order chi connectivity index (χ1) is 10.4. The number of nitrogens with two attached hydrogens (primary N) is 1. The van der Waals surface area contributed by atoms with E-state index in [2.05, 4.69) is 18.8 Å². The van der Waals surface area contributed by atoms with Gasteiger partial charge in [0.05, 0.1) is 6.54 Å². The SMILES string of the molecule is CC(C)c1cnc(N(Cc2ccc(N(C)C)cc2)C(N)=O)s1. The Labute approximate surface area is 135 Å². The molecule has 0 unspecified atom stereocenters. The van der Waals surface area contributed by atoms with Crippen molar-refractivity contribution >= 4 is 28.2 Å². The number of nitrogens with zero attached hydrogens (tertiary/aromatic N) is 3. The second kappa shape index (κ2) is 6.79. The fourth-order valence-electron chi connectivity index (χ4n) is 1.99. The van der Waals surface area contributed by atoms with Crippen molar-refractivity contribution in [3.8, 4) is 0 Å². The quantitative estimate of drug-likeness (QED) is 0.919. The molecule has 0 atom stereocenters. The lowest BCUT2D eigenvalue weighted by Crippen LogP contribution is -2.35. The molecule has 1 heterocycles. The molecule has 6 heteroatoms. The van der Waals surface area contributed by atoms with Crippen molar-refractivity contribution in [3.63, 3.8) is 0 Å². The third-order valence-electron chi connectivity index (χ3n) is 3.37. The number of urea groups is 1. The van der Waals surface area contributed by atoms with Crippen LogP contribution in [-0.2, 0) is 6.54 Å². The number of aromatic nitrogens is 1. The zero-order chi connectivity index (χ0) is 16.3. The molecule has 0 aliphatic heterocycles. The van der Waals surface area contributed by atoms with E-state index in [1.165, 1.54) is 16.2 Å². The zero-order valence-electron chi connectivity index (χ0n) is 13.4. The number of benzene rings is 1. The van der Waals surface area contributed by atoms with Crippen LogP contribution < -0.4 is 15.5 Å². The van der Waals surface area contributed by atoms with Crippen molar-refractivity contribution in [2.75, 3.05) is 23.9 Å². The van der Waals surface area contributed by atoms with Crippen molar-refractivity contribution in [3.05, 3.63) is 40.9 Å². The molecule has 1 aromatic heterocycles. The maximum absolute atomic E-state index is 11.8. The van der Waals surface area contributed by atoms with E-state index in [-0.39, 0.29) is 0 Å². The van der Waals surface area contributed by atoms with Gasteiger partial charge >= 0.3 is 6.03 Å². The molecule has 0 bridgehead atoms. The van der Waals surface area contributed by atoms with Crippen molar-refractivity contribution in [2.45, 2.75) is 26.3 Å². The Bertz CT molecular complexity index is 634. The first kappa shape index (κ1) is 16.3. The Kier molecular flexibility index (Phi) is 5.03. The van der Waals surface area contributed by atoms with Gasteiger partial charge in [0.1, 0.15) is 0 Å². The summed E-state index contributed by atoms with van der Waals surface area (Å²) < 4.78 is 0. The standard InChI is InChI=1S/C16H22N4OS/c1-11(2)14-9-18-16(22-14)20(15(17)21)10-12-5-7-13(8-6-12)19(3)4/h5-9,11H,10H2,1-4H3,(H2,17,21). The van der Waals surface area contributed by atoms with Crippen molar-refractivity contribution < 1.29 is 4.79 Å². The maximum atomic E-state index is 11.8. The van der Waals surface area contributed by atoms with Gasteiger partial charge in [0, 0.05) is 30.9 Å². The van der Waals surface area contributed by atoms with Gasteiger partial charge in [-0.25, -0.2) is 9.78 Å². The van der Waals surface area contributed by atoms with Crippen LogP contribution in [0.2, 0.25) is 0 Å². The average Bonchev–Trinajstić information content (AvgIpc) is 2.94. The van der Waals surface area contributed by atoms with Gasteiger partial charge in [0.2, 0.25) is 0 Å². The highest BCUT2D eigenvalue weighted by Gasteiger charge is 2.17. The van der Waals surface area contributed by atoms with Gasteiger partial charge in [0.25, 0.3) is 0 Å². The second-order valence-corrected chi connectivity index (χ2v) is 6.73. The van der Waals surface area contributed by atoms with E-state index in [0.717, 1.165) is 16.1 Å². The van der Waals surface area contributed by atoms with Crippen LogP contribution in [0.5, 0.6) is 0 Å². The molecule has 0 aliphatic carbocycles. The summed E-state index contributed by atoms with van der Waals surface area (Å²) in [6.07, 6.45) is 1.82. The van der Waals surface area contributed by atoms with E-state index in [9.17, 15) is 4.79 Å². The predicted octanol–water partition coefficient (Wildman–Crippen LogP) is 3.42. The van der Waals surface area contributed by atoms with Gasteiger partial charge in [-0.2, -0.15) is 0 Å². The number of anilines is 2. The topological polar surface area (TPSA) is 62.5 Å². The summed E-state index contributed by atoms with van der Waals surface area (Å²) >= 11 is 1.51. The predicted molar refractivity (Wildman–Crippen MR) is 92.7 cm³/mol. The van der Waals surface area contributed by atoms with Gasteiger partial charge in [-0.05, 0) is 23.6 Å². The molecule has 2 amide bonds. The number of hydrogen-bond donors (Lipinski definition) is 1. The molecule has 0 radical (unpaired) electrons. The van der Waals surface area contributed by atoms with Crippen LogP contribution in [-0.4, -0.2) is 25.1 Å². The normalized spacial score (nSPS) is 10.8. The smallest absolute Gasteiger partial charge is 0.321 e. The molecule has 2 aromatic rings. The van der Waals surface area contributed by atoms with Crippen molar-refractivity contribution in [2.24, 2.45) is 5.73 Å². The Morgan fingerprint density at radius 3 is 2.36 bits per heavy atom. The van der Waals surface area contributed by atoms with E-state index in [1.54, 1.807) is 0 Å². The number of primary amides is 1. The van der Waals surface area contributed by atoms with Gasteiger partial charge < -0.3 is 10.6 Å². The molecule has 2 N–H and O–H groups in total. The lowest BCUT2D eigenvalue weighted by Gasteiger charge is -2.18. The molecule has 5 nitrogen and oxygen atoms in total. The molecule has 0 saturated heterocycles. The van der Waals surface area contributed by atoms with E-state index < -0.39 is 6.03 Å². The Morgan fingerprint density at radius 2 is 1.91 bits per heavy atom. The molecule has 118 valence electrons. The van der Waals surface area contributed by atoms with Crippen molar-refractivity contribution in [1.82, 2.24) is 4.98 Å². The third-order valence-corrected chi connectivity index (χ3v) is 4.69. The molecule has 0 fully saturated rings. The first-order valence-electron chi connectivity index (χ1n) is 7.17. The average molecular weight is 318 g/mol. The fraction of sp³-hybridized carbons (Fsp3) is 0.375. The summed E-state index contributed by atoms with van der Waals surface area (Å²) in [5.41, 5.74) is 7.66. The van der Waals surface area contributed by atoms with Gasteiger partial charge in [-0.15, -0.1) is 11.3 Å². The van der Waals surface area contributed by atoms with E-state index in [1.807, 2.05) is 49.5 Å². The number of carbonyl (C=O) groups is 1. The molecule has 0 aliphatic rings. The Balaban J connectivity index is 2.19. The Morgan fingerprint density at radius 1 is 1.27 bits per heavy atom. The van der Waals surface area contributed by atoms with Gasteiger partial charge in [0.15, 0.2) is 5.13 Å². The van der Waals surface area contributed by atoms with E-state index >= 15 is 0 Å². The van der Waals surface area contributed by atoms with Crippen LogP contribution in [0.25, 0.3) is 0 Å². The van der Waals surface area contributed by atoms with Crippen LogP contribution in [0, 0.1) is 0 Å². The number of carbonyl (C=O) groups excluding carboxylic acids is 1. The monoisotopic (exact) mass is 318 g/mol. The molecular weight excluding hydrogens is 296 g/mol. The highest BCUT2D eigenvalue weighted by atomic mass is 32.1. The molecule has 2 rings (SSSR count). The minimum atomic E-state index is -0.485. The number of rotatable bonds is 5. The molecule has 22 heavy (non-hydrogen) atoms. The minimum absolute atomic E-state index is 0.389. The lowest BCUT2D eigenvalue weighted by molar-refractivity contribution is 0.253. The first-order valence-corrected chi connectivity index (χ1v) is 7.99. The largest absolute Gasteiger partial charge is 0.378 e. The summed E-state index contributed by atoms with van der Waals surface area (Å²) in [7, 11) is 3.99. The number of hydrogen-bond acceptors (Lipinski definition) is 4. The van der Waals surface area contributed by atoms with Crippen molar-refractivity contribution in [1.29, 1.82) is 0 Å². The number of thiazole rings is 1. The second-order valence-electron chi connectivity index (χ2n) is 5.69. The summed E-state index contributed by atoms with van der Waals surface area (Å²) in [4.78, 5) is 20.8. The highest BCUT2D eigenvalue weighted by Crippen LogP contribution is 2.29. The molecule has 0 spiro atoms. The fourth-order valence-corrected chi connectivity index (χ4v) is 2.91. The maximum Gasteiger partial charge on any atom is 0.321 e. The van der Waals surface area contributed by atoms with Crippen LogP contribution in [0.4, 0.5) is 15.6 Å². The zero-order valence-corrected chi connectivity index (χ0v) is 14.2. The molecule has 1 aromatic carbocycles. The summed E-state index contributed by atoms with van der Waals surface area (Å²) in [5.74, 6) is 0.389. The summed E-state index contributed by atoms with van der Waals surface area (Å²) in [6, 6.07) is 7.57. The van der Waals surface area contributed by atoms with Crippen LogP contribution in [0.1, 0.15) is 30.2 Å². The van der Waals surface area contributed by atoms with E-state index in [0.29, 0.717) is 17.6 Å². The van der Waals surface area contributed by atoms with Gasteiger partial charge in [-0.3, -0.25) is 4.90 Å². The van der Waals surface area contributed by atoms with Gasteiger partial charge in [-0.1, -0.05) is 26.0 Å². The third kappa shape index (κ3) is 3.76.